The Balaban J connectivity index is 3.68. The van der Waals surface area contributed by atoms with Crippen LogP contribution < -0.4 is 5.73 Å². The molecule has 0 heterocycles. The third-order valence-electron chi connectivity index (χ3n) is 0.427. The van der Waals surface area contributed by atoms with Gasteiger partial charge in [0.15, 0.2) is 0 Å². The van der Waals surface area contributed by atoms with E-state index in [-0.39, 0.29) is 0 Å². The Kier molecular flexibility index (Phi) is 1.95. The van der Waals surface area contributed by atoms with Crippen molar-refractivity contribution in [3.63, 3.8) is 0 Å². The van der Waals surface area contributed by atoms with Crippen LogP contribution in [0.4, 0.5) is 0 Å². The van der Waals surface area contributed by atoms with Gasteiger partial charge in [-0.25, -0.2) is 0 Å². The average molecular weight is 108 g/mol. The van der Waals surface area contributed by atoms with Gasteiger partial charge >= 0.3 is 5.29 Å². The molecule has 0 fully saturated rings. The maximum absolute atomic E-state index is 5.23. The Morgan fingerprint density at radius 3 is 1.83 bits per heavy atom. The molecule has 0 unspecified atom stereocenters. The maximum atomic E-state index is 5.23. The summed E-state index contributed by atoms with van der Waals surface area (Å²) in [7, 11) is 3.56. The Morgan fingerprint density at radius 1 is 1.67 bits per heavy atom. The summed E-state index contributed by atoms with van der Waals surface area (Å²) in [6.45, 7) is 0. The molecule has 0 bridgehead atoms. The van der Waals surface area contributed by atoms with Crippen LogP contribution in [0.2, 0.25) is 0 Å². The molecule has 2 nitrogen and oxygen atoms in total. The number of halogens is 1. The summed E-state index contributed by atoms with van der Waals surface area (Å²) in [5, 5.41) is 0.315. The third-order valence-corrected chi connectivity index (χ3v) is 0.765. The van der Waals surface area contributed by atoms with E-state index in [9.17, 15) is 0 Å². The van der Waals surface area contributed by atoms with Crippen LogP contribution in [0.1, 0.15) is 0 Å². The van der Waals surface area contributed by atoms with Crippen molar-refractivity contribution in [3.05, 3.63) is 0 Å². The molecule has 6 heavy (non-hydrogen) atoms. The first-order valence-corrected chi connectivity index (χ1v) is 1.97. The SMILES string of the molecule is C[N+](C)=C(N)Cl. The van der Waals surface area contributed by atoms with Crippen molar-refractivity contribution in [2.75, 3.05) is 14.1 Å². The maximum Gasteiger partial charge on any atom is 0.340 e. The van der Waals surface area contributed by atoms with Crippen LogP contribution >= 0.6 is 11.6 Å². The number of rotatable bonds is 0. The number of nitrogens with zero attached hydrogens (tertiary/aromatic N) is 1. The topological polar surface area (TPSA) is 29.0 Å². The summed E-state index contributed by atoms with van der Waals surface area (Å²) in [5.41, 5.74) is 5.04. The molecule has 0 aliphatic heterocycles. The van der Waals surface area contributed by atoms with Gasteiger partial charge in [-0.05, 0) is 0 Å². The van der Waals surface area contributed by atoms with E-state index in [1.54, 1.807) is 18.7 Å². The monoisotopic (exact) mass is 107 g/mol. The van der Waals surface area contributed by atoms with Crippen LogP contribution in [0.15, 0.2) is 0 Å². The second kappa shape index (κ2) is 2.03. The van der Waals surface area contributed by atoms with Gasteiger partial charge < -0.3 is 0 Å². The molecule has 0 saturated heterocycles. The lowest BCUT2D eigenvalue weighted by molar-refractivity contribution is -0.462. The molecule has 3 heteroatoms. The lowest BCUT2D eigenvalue weighted by Crippen LogP contribution is -2.15. The number of hydrogen-bond donors (Lipinski definition) is 1. The van der Waals surface area contributed by atoms with Crippen LogP contribution in [0, 0.1) is 0 Å². The summed E-state index contributed by atoms with van der Waals surface area (Å²) in [5.74, 6) is 0. The van der Waals surface area contributed by atoms with Crippen molar-refractivity contribution in [1.82, 2.24) is 0 Å². The van der Waals surface area contributed by atoms with Gasteiger partial charge in [-0.2, -0.15) is 0 Å². The fraction of sp³-hybridized carbons (Fsp3) is 0.667. The lowest BCUT2D eigenvalue weighted by atomic mass is 11.1. The van der Waals surface area contributed by atoms with Gasteiger partial charge in [-0.1, -0.05) is 0 Å². The van der Waals surface area contributed by atoms with Crippen molar-refractivity contribution < 1.29 is 4.58 Å². The molecule has 0 saturated carbocycles. The second-order valence-electron chi connectivity index (χ2n) is 1.22. The van der Waals surface area contributed by atoms with E-state index >= 15 is 0 Å². The first-order chi connectivity index (χ1) is 2.64. The van der Waals surface area contributed by atoms with Crippen molar-refractivity contribution >= 4 is 16.9 Å². The molecule has 0 aliphatic carbocycles. The van der Waals surface area contributed by atoms with Gasteiger partial charge in [0.25, 0.3) is 0 Å². The normalized spacial score (nSPS) is 7.83. The van der Waals surface area contributed by atoms with E-state index in [1.807, 2.05) is 0 Å². The molecule has 0 aromatic heterocycles. The van der Waals surface area contributed by atoms with Crippen LogP contribution in [-0.4, -0.2) is 24.0 Å². The molecule has 2 N–H and O–H groups in total. The number of nitrogens with two attached hydrogens (primary N) is 1. The number of amidine groups is 1. The fourth-order valence-corrected chi connectivity index (χ4v) is 0. The van der Waals surface area contributed by atoms with E-state index in [0.717, 1.165) is 0 Å². The predicted molar refractivity (Wildman–Crippen MR) is 27.2 cm³/mol. The van der Waals surface area contributed by atoms with Crippen LogP contribution in [-0.2, 0) is 0 Å². The van der Waals surface area contributed by atoms with Crippen LogP contribution in [0.25, 0.3) is 0 Å². The van der Waals surface area contributed by atoms with E-state index < -0.39 is 0 Å². The second-order valence-corrected chi connectivity index (χ2v) is 1.60. The minimum atomic E-state index is 0.315. The molecular weight excluding hydrogens is 99.5 g/mol. The van der Waals surface area contributed by atoms with Gasteiger partial charge in [0, 0.05) is 11.6 Å². The van der Waals surface area contributed by atoms with Crippen molar-refractivity contribution in [1.29, 1.82) is 0 Å². The fourth-order valence-electron chi connectivity index (χ4n) is 0. The van der Waals surface area contributed by atoms with Crippen LogP contribution in [0.3, 0.4) is 0 Å². The minimum Gasteiger partial charge on any atom is -0.277 e. The van der Waals surface area contributed by atoms with Gasteiger partial charge in [0.1, 0.15) is 0 Å². The third kappa shape index (κ3) is 2.03. The van der Waals surface area contributed by atoms with E-state index in [0.29, 0.717) is 5.29 Å². The highest BCUT2D eigenvalue weighted by atomic mass is 35.5. The lowest BCUT2D eigenvalue weighted by Gasteiger charge is -1.82. The number of hydrogen-bond acceptors (Lipinski definition) is 0. The van der Waals surface area contributed by atoms with Gasteiger partial charge in [-0.15, -0.1) is 0 Å². The van der Waals surface area contributed by atoms with Gasteiger partial charge in [0.2, 0.25) is 0 Å². The molecule has 0 radical (unpaired) electrons. The van der Waals surface area contributed by atoms with Crippen LogP contribution in [0.5, 0.6) is 0 Å². The largest absolute Gasteiger partial charge is 0.340 e. The van der Waals surface area contributed by atoms with Gasteiger partial charge in [0.05, 0.1) is 14.1 Å². The highest BCUT2D eigenvalue weighted by Gasteiger charge is 1.86. The van der Waals surface area contributed by atoms with E-state index in [4.69, 9.17) is 17.3 Å². The molecule has 0 aromatic carbocycles. The van der Waals surface area contributed by atoms with Crippen molar-refractivity contribution in [3.8, 4) is 0 Å². The molecule has 0 spiro atoms. The Morgan fingerprint density at radius 2 is 1.83 bits per heavy atom. The highest BCUT2D eigenvalue weighted by molar-refractivity contribution is 6.62. The van der Waals surface area contributed by atoms with E-state index in [1.165, 1.54) is 0 Å². The zero-order chi connectivity index (χ0) is 5.15. The zero-order valence-corrected chi connectivity index (χ0v) is 4.66. The molecule has 36 valence electrons. The summed E-state index contributed by atoms with van der Waals surface area (Å²) >= 11 is 5.23. The average Bonchev–Trinajstić information content (AvgIpc) is 1.36. The standard InChI is InChI=1S/C3H7ClN2/c1-6(2)3(4)5/h5H,1-2H3/p+1. The Labute approximate surface area is 42.2 Å². The molecule has 0 amide bonds. The van der Waals surface area contributed by atoms with E-state index in [2.05, 4.69) is 0 Å². The summed E-state index contributed by atoms with van der Waals surface area (Å²) < 4.78 is 1.63. The molecule has 0 atom stereocenters. The minimum absolute atomic E-state index is 0.315. The molecular formula is C3H8ClN2+. The molecule has 0 rings (SSSR count). The summed E-state index contributed by atoms with van der Waals surface area (Å²) in [6, 6.07) is 0. The quantitative estimate of drug-likeness (QED) is 0.198. The Bertz CT molecular complexity index is 58.9. The molecule has 0 aromatic rings. The van der Waals surface area contributed by atoms with Gasteiger partial charge in [-0.3, -0.25) is 10.3 Å². The smallest absolute Gasteiger partial charge is 0.277 e. The highest BCUT2D eigenvalue weighted by Crippen LogP contribution is 1.66. The zero-order valence-electron chi connectivity index (χ0n) is 3.90. The summed E-state index contributed by atoms with van der Waals surface area (Å²) in [6.07, 6.45) is 0. The first kappa shape index (κ1) is 5.76. The van der Waals surface area contributed by atoms with Crippen molar-refractivity contribution in [2.24, 2.45) is 5.73 Å². The predicted octanol–water partition coefficient (Wildman–Crippen LogP) is -0.188. The first-order valence-electron chi connectivity index (χ1n) is 1.60. The molecule has 0 aliphatic rings. The van der Waals surface area contributed by atoms with Crippen molar-refractivity contribution in [2.45, 2.75) is 0 Å². The summed E-state index contributed by atoms with van der Waals surface area (Å²) in [4.78, 5) is 0. The Hall–Kier alpha value is -0.240.